The van der Waals surface area contributed by atoms with E-state index in [9.17, 15) is 13.2 Å². The van der Waals surface area contributed by atoms with Crippen LogP contribution < -0.4 is 9.50 Å². The van der Waals surface area contributed by atoms with Crippen molar-refractivity contribution in [3.05, 3.63) is 48.0 Å². The largest absolute Gasteiger partial charge is 0.426 e. The Morgan fingerprint density at radius 1 is 1.08 bits per heavy atom. The van der Waals surface area contributed by atoms with E-state index in [0.29, 0.717) is 11.3 Å². The van der Waals surface area contributed by atoms with E-state index in [1.54, 1.807) is 24.5 Å². The zero-order chi connectivity index (χ0) is 17.7. The van der Waals surface area contributed by atoms with Crippen molar-refractivity contribution in [3.8, 4) is 5.75 Å². The highest BCUT2D eigenvalue weighted by Crippen LogP contribution is 2.21. The highest BCUT2D eigenvalue weighted by atomic mass is 32.2. The van der Waals surface area contributed by atoms with Gasteiger partial charge in [0.25, 0.3) is 5.91 Å². The molecule has 0 saturated heterocycles. The molecular weight excluding hydrogens is 374 g/mol. The molecule has 2 aromatic rings. The zero-order valence-electron chi connectivity index (χ0n) is 12.3. The highest BCUT2D eigenvalue weighted by Gasteiger charge is 2.12. The van der Waals surface area contributed by atoms with Crippen molar-refractivity contribution in [3.63, 3.8) is 0 Å². The summed E-state index contributed by atoms with van der Waals surface area (Å²) >= 11 is -3.57. The van der Waals surface area contributed by atoms with Gasteiger partial charge in [-0.25, -0.2) is 8.42 Å². The summed E-state index contributed by atoms with van der Waals surface area (Å²) in [5.41, 5.74) is 0.442. The van der Waals surface area contributed by atoms with Gasteiger partial charge < -0.3 is 18.6 Å². The maximum atomic E-state index is 12.3. The van der Waals surface area contributed by atoms with E-state index in [-0.39, 0.29) is 15.5 Å². The van der Waals surface area contributed by atoms with Crippen LogP contribution in [-0.2, 0) is 22.2 Å². The first-order valence-corrected chi connectivity index (χ1v) is 9.76. The SMILES string of the molecule is CSOc1cccc(C(=O)Nc2cc(S(=O)O)cc(S(=O)O)c2)c1. The number of benzene rings is 2. The summed E-state index contributed by atoms with van der Waals surface area (Å²) in [6, 6.07) is 10.1. The van der Waals surface area contributed by atoms with Gasteiger partial charge in [0.15, 0.2) is 22.2 Å². The van der Waals surface area contributed by atoms with Crippen molar-refractivity contribution >= 4 is 45.8 Å². The number of nitrogens with one attached hydrogen (secondary N) is 1. The number of anilines is 1. The van der Waals surface area contributed by atoms with Crippen molar-refractivity contribution in [2.75, 3.05) is 11.6 Å². The summed E-state index contributed by atoms with van der Waals surface area (Å²) in [6.45, 7) is 0. The second-order valence-electron chi connectivity index (χ2n) is 4.42. The molecule has 2 unspecified atom stereocenters. The van der Waals surface area contributed by atoms with E-state index < -0.39 is 28.1 Å². The normalized spacial score (nSPS) is 13.1. The third-order valence-electron chi connectivity index (χ3n) is 2.82. The molecule has 0 aromatic heterocycles. The van der Waals surface area contributed by atoms with Gasteiger partial charge in [-0.05, 0) is 36.4 Å². The van der Waals surface area contributed by atoms with Crippen molar-refractivity contribution in [1.82, 2.24) is 0 Å². The lowest BCUT2D eigenvalue weighted by atomic mass is 10.2. The van der Waals surface area contributed by atoms with Crippen LogP contribution in [0.5, 0.6) is 5.75 Å². The number of rotatable bonds is 6. The fraction of sp³-hybridized carbons (Fsp3) is 0.0714. The molecule has 2 atom stereocenters. The van der Waals surface area contributed by atoms with Crippen molar-refractivity contribution < 1.29 is 26.5 Å². The minimum atomic E-state index is -2.35. The third kappa shape index (κ3) is 4.89. The molecule has 0 aliphatic rings. The fourth-order valence-electron chi connectivity index (χ4n) is 1.83. The van der Waals surface area contributed by atoms with Gasteiger partial charge in [-0.1, -0.05) is 6.07 Å². The number of carbonyl (C=O) groups excluding carboxylic acids is 1. The van der Waals surface area contributed by atoms with Crippen LogP contribution in [-0.4, -0.2) is 29.7 Å². The van der Waals surface area contributed by atoms with Gasteiger partial charge in [-0.15, -0.1) is 0 Å². The van der Waals surface area contributed by atoms with Crippen LogP contribution in [0.25, 0.3) is 0 Å². The van der Waals surface area contributed by atoms with Gasteiger partial charge in [-0.3, -0.25) is 4.79 Å². The molecule has 128 valence electrons. The first-order chi connectivity index (χ1) is 11.4. The third-order valence-corrected chi connectivity index (χ3v) is 4.45. The summed E-state index contributed by atoms with van der Waals surface area (Å²) in [5.74, 6) is 0.00890. The van der Waals surface area contributed by atoms with Crippen LogP contribution in [0, 0.1) is 0 Å². The van der Waals surface area contributed by atoms with Crippen molar-refractivity contribution in [2.45, 2.75) is 9.79 Å². The molecule has 2 rings (SSSR count). The Kier molecular flexibility index (Phi) is 6.52. The number of hydrogen-bond donors (Lipinski definition) is 3. The summed E-state index contributed by atoms with van der Waals surface area (Å²) < 4.78 is 46.0. The summed E-state index contributed by atoms with van der Waals surface area (Å²) in [6.07, 6.45) is 1.74. The Labute approximate surface area is 147 Å². The predicted octanol–water partition coefficient (Wildman–Crippen LogP) is 2.76. The molecule has 0 heterocycles. The number of carbonyl (C=O) groups is 1. The van der Waals surface area contributed by atoms with Gasteiger partial charge in [0.1, 0.15) is 5.75 Å². The number of amides is 1. The molecule has 0 spiro atoms. The molecule has 1 amide bonds. The molecule has 0 saturated carbocycles. The maximum absolute atomic E-state index is 12.3. The summed E-state index contributed by atoms with van der Waals surface area (Å²) in [7, 11) is 0. The van der Waals surface area contributed by atoms with Crippen LogP contribution in [0.1, 0.15) is 10.4 Å². The molecule has 0 fully saturated rings. The first kappa shape index (κ1) is 18.6. The Morgan fingerprint density at radius 3 is 2.25 bits per heavy atom. The highest BCUT2D eigenvalue weighted by molar-refractivity contribution is 7.94. The quantitative estimate of drug-likeness (QED) is 0.516. The van der Waals surface area contributed by atoms with Crippen LogP contribution in [0.4, 0.5) is 5.69 Å². The molecule has 7 nitrogen and oxygen atoms in total. The zero-order valence-corrected chi connectivity index (χ0v) is 14.7. The second-order valence-corrected chi connectivity index (χ2v) is 6.86. The molecule has 0 radical (unpaired) electrons. The molecule has 10 heteroatoms. The second kappa shape index (κ2) is 8.40. The van der Waals surface area contributed by atoms with Crippen molar-refractivity contribution in [1.29, 1.82) is 0 Å². The monoisotopic (exact) mass is 387 g/mol. The van der Waals surface area contributed by atoms with E-state index in [4.69, 9.17) is 13.3 Å². The smallest absolute Gasteiger partial charge is 0.255 e. The van der Waals surface area contributed by atoms with Crippen LogP contribution in [0.15, 0.2) is 52.3 Å². The predicted molar refractivity (Wildman–Crippen MR) is 93.1 cm³/mol. The number of hydrogen-bond acceptors (Lipinski definition) is 5. The fourth-order valence-corrected chi connectivity index (χ4v) is 3.12. The van der Waals surface area contributed by atoms with Crippen LogP contribution >= 0.6 is 12.0 Å². The van der Waals surface area contributed by atoms with E-state index in [1.807, 2.05) is 0 Å². The molecule has 2 aromatic carbocycles. The van der Waals surface area contributed by atoms with Gasteiger partial charge in [0, 0.05) is 17.5 Å². The maximum Gasteiger partial charge on any atom is 0.255 e. The van der Waals surface area contributed by atoms with Gasteiger partial charge >= 0.3 is 0 Å². The van der Waals surface area contributed by atoms with E-state index in [2.05, 4.69) is 5.32 Å². The topological polar surface area (TPSA) is 113 Å². The standard InChI is InChI=1S/C14H13NO6S3/c1-22-21-11-4-2-3-9(5-11)14(16)15-10-6-12(23(17)18)8-13(7-10)24(19)20/h2-8H,1H3,(H,15,16)(H,17,18)(H,19,20). The Hall–Kier alpha value is -1.72. The van der Waals surface area contributed by atoms with E-state index >= 15 is 0 Å². The first-order valence-electron chi connectivity index (χ1n) is 6.39. The van der Waals surface area contributed by atoms with Gasteiger partial charge in [0.2, 0.25) is 0 Å². The molecular formula is C14H13NO6S3. The average molecular weight is 387 g/mol. The Morgan fingerprint density at radius 2 is 1.71 bits per heavy atom. The minimum Gasteiger partial charge on any atom is -0.426 e. The molecule has 24 heavy (non-hydrogen) atoms. The molecule has 0 aliphatic carbocycles. The Bertz CT molecular complexity index is 779. The lowest BCUT2D eigenvalue weighted by Gasteiger charge is -2.09. The summed E-state index contributed by atoms with van der Waals surface area (Å²) in [4.78, 5) is 12.1. The van der Waals surface area contributed by atoms with Gasteiger partial charge in [-0.2, -0.15) is 0 Å². The molecule has 0 aliphatic heterocycles. The lowest BCUT2D eigenvalue weighted by Crippen LogP contribution is -2.12. The van der Waals surface area contributed by atoms with Crippen molar-refractivity contribution in [2.24, 2.45) is 0 Å². The summed E-state index contributed by atoms with van der Waals surface area (Å²) in [5, 5.41) is 2.53. The lowest BCUT2D eigenvalue weighted by molar-refractivity contribution is 0.102. The van der Waals surface area contributed by atoms with E-state index in [0.717, 1.165) is 18.1 Å². The van der Waals surface area contributed by atoms with E-state index in [1.165, 1.54) is 18.2 Å². The molecule has 0 bridgehead atoms. The Balaban J connectivity index is 2.29. The average Bonchev–Trinajstić information content (AvgIpc) is 2.55. The van der Waals surface area contributed by atoms with Gasteiger partial charge in [0.05, 0.1) is 21.8 Å². The molecule has 3 N–H and O–H groups in total. The minimum absolute atomic E-state index is 0.0929. The van der Waals surface area contributed by atoms with Crippen LogP contribution in [0.3, 0.4) is 0 Å². The van der Waals surface area contributed by atoms with Crippen LogP contribution in [0.2, 0.25) is 0 Å².